The summed E-state index contributed by atoms with van der Waals surface area (Å²) in [4.78, 5) is 36.9. The zero-order valence-corrected chi connectivity index (χ0v) is 24.9. The van der Waals surface area contributed by atoms with E-state index in [1.165, 1.54) is 19.2 Å². The third-order valence-corrected chi connectivity index (χ3v) is 8.17. The van der Waals surface area contributed by atoms with E-state index in [0.29, 0.717) is 24.5 Å². The maximum atomic E-state index is 13.1. The molecule has 1 saturated heterocycles. The lowest BCUT2D eigenvalue weighted by atomic mass is 9.97. The van der Waals surface area contributed by atoms with Crippen molar-refractivity contribution in [2.45, 2.75) is 38.4 Å². The van der Waals surface area contributed by atoms with Gasteiger partial charge >= 0.3 is 0 Å². The monoisotopic (exact) mass is 616 g/mol. The normalized spacial score (nSPS) is 17.0. The highest BCUT2D eigenvalue weighted by Gasteiger charge is 2.34. The number of pyridine rings is 1. The Morgan fingerprint density at radius 2 is 1.93 bits per heavy atom. The van der Waals surface area contributed by atoms with E-state index in [1.54, 1.807) is 12.1 Å². The Morgan fingerprint density at radius 1 is 1.18 bits per heavy atom. The van der Waals surface area contributed by atoms with Crippen molar-refractivity contribution < 1.29 is 18.4 Å². The summed E-state index contributed by atoms with van der Waals surface area (Å²) in [7, 11) is 3.39. The van der Waals surface area contributed by atoms with Gasteiger partial charge in [0.2, 0.25) is 0 Å². The van der Waals surface area contributed by atoms with Gasteiger partial charge in [-0.3, -0.25) is 29.6 Å². The largest absolute Gasteiger partial charge is 0.384 e. The number of carbonyl (C=O) groups excluding carboxylic acids is 2. The molecule has 2 aromatic heterocycles. The molecule has 0 bridgehead atoms. The van der Waals surface area contributed by atoms with Crippen LogP contribution in [0.5, 0.6) is 0 Å². The second-order valence-electron chi connectivity index (χ2n) is 11.5. The van der Waals surface area contributed by atoms with Crippen molar-refractivity contribution in [3.05, 3.63) is 71.4 Å². The second kappa shape index (κ2) is 12.2. The van der Waals surface area contributed by atoms with Crippen LogP contribution in [0.2, 0.25) is 0 Å². The molecule has 2 aliphatic heterocycles. The van der Waals surface area contributed by atoms with E-state index in [0.717, 1.165) is 48.4 Å². The Balaban J connectivity index is 1.23. The van der Waals surface area contributed by atoms with E-state index in [9.17, 15) is 18.4 Å². The molecule has 0 radical (unpaired) electrons. The summed E-state index contributed by atoms with van der Waals surface area (Å²) in [6.45, 7) is 2.48. The Kier molecular flexibility index (Phi) is 8.14. The molecule has 3 aliphatic rings. The highest BCUT2D eigenvalue weighted by molar-refractivity contribution is 6.45. The first kappa shape index (κ1) is 30.1. The van der Waals surface area contributed by atoms with Crippen LogP contribution >= 0.6 is 0 Å². The van der Waals surface area contributed by atoms with Gasteiger partial charge in [0.05, 0.1) is 47.2 Å². The van der Waals surface area contributed by atoms with E-state index in [4.69, 9.17) is 16.2 Å². The summed E-state index contributed by atoms with van der Waals surface area (Å²) in [5, 5.41) is 18.9. The predicted octanol–water partition coefficient (Wildman–Crippen LogP) is 3.24. The molecular weight excluding hydrogens is 582 g/mol. The van der Waals surface area contributed by atoms with Crippen LogP contribution in [0.15, 0.2) is 59.4 Å². The number of anilines is 2. The van der Waals surface area contributed by atoms with Gasteiger partial charge in [0.1, 0.15) is 17.2 Å². The van der Waals surface area contributed by atoms with Crippen molar-refractivity contribution in [3.63, 3.8) is 0 Å². The number of fused-ring (bicyclic) bond motifs is 3. The zero-order chi connectivity index (χ0) is 31.8. The Bertz CT molecular complexity index is 1720. The quantitative estimate of drug-likeness (QED) is 0.200. The molecule has 45 heavy (non-hydrogen) atoms. The number of aromatic nitrogens is 3. The molecule has 4 heterocycles. The molecule has 2 amide bonds. The van der Waals surface area contributed by atoms with Crippen LogP contribution in [0.4, 0.5) is 20.2 Å². The lowest BCUT2D eigenvalue weighted by Crippen LogP contribution is -2.48. The van der Waals surface area contributed by atoms with Gasteiger partial charge in [-0.2, -0.15) is 10.1 Å². The number of halogens is 2. The molecule has 6 rings (SSSR count). The highest BCUT2D eigenvalue weighted by atomic mass is 19.3. The first-order valence-corrected chi connectivity index (χ1v) is 14.7. The number of amidine groups is 1. The van der Waals surface area contributed by atoms with Gasteiger partial charge in [-0.25, -0.2) is 8.78 Å². The van der Waals surface area contributed by atoms with E-state index in [2.05, 4.69) is 30.4 Å². The lowest BCUT2D eigenvalue weighted by molar-refractivity contribution is -0.119. The van der Waals surface area contributed by atoms with Crippen molar-refractivity contribution in [1.82, 2.24) is 25.0 Å². The van der Waals surface area contributed by atoms with Crippen molar-refractivity contribution in [2.75, 3.05) is 37.4 Å². The predicted molar refractivity (Wildman–Crippen MR) is 166 cm³/mol. The minimum atomic E-state index is -2.60. The van der Waals surface area contributed by atoms with Crippen LogP contribution in [0.25, 0.3) is 11.1 Å². The standard InChI is InChI=1S/C31H34F2N10O2/c1-36-31(45)27(35)24(11-26(34)40-30(44)17-9-10-17)39-22-7-4-6-20-21-12-37-43(25(21)16-41(2)28(20)22)19-14-42(15-19)13-18-5-3-8-23(38-18)29(32)33/h3-8,11-12,17,19,29,35,39H,9-10,13-16H2,1-2H3,(H,36,45)(H2,34,40,44)/b24-11+,35-27?. The minimum absolute atomic E-state index is 0.0863. The van der Waals surface area contributed by atoms with Crippen molar-refractivity contribution in [1.29, 1.82) is 5.41 Å². The van der Waals surface area contributed by atoms with Crippen LogP contribution in [0.1, 0.15) is 42.4 Å². The summed E-state index contributed by atoms with van der Waals surface area (Å²) in [5.74, 6) is -1.12. The molecule has 2 fully saturated rings. The van der Waals surface area contributed by atoms with Gasteiger partial charge in [-0.05, 0) is 31.0 Å². The average Bonchev–Trinajstić information content (AvgIpc) is 3.78. The zero-order valence-electron chi connectivity index (χ0n) is 24.9. The topological polar surface area (TPSA) is 158 Å². The first-order chi connectivity index (χ1) is 21.6. The number of benzene rings is 1. The molecule has 12 nitrogen and oxygen atoms in total. The van der Waals surface area contributed by atoms with E-state index in [1.807, 2.05) is 36.1 Å². The van der Waals surface area contributed by atoms with Crippen molar-refractivity contribution in [2.24, 2.45) is 16.6 Å². The molecule has 0 unspecified atom stereocenters. The van der Waals surface area contributed by atoms with Gasteiger partial charge < -0.3 is 21.3 Å². The molecule has 0 atom stereocenters. The fourth-order valence-electron chi connectivity index (χ4n) is 5.72. The maximum Gasteiger partial charge on any atom is 0.280 e. The SMILES string of the molecule is CNC(=O)C(=N)/C(=C\C(N)=NC(=O)C1CC1)Nc1cccc2c1N(C)Cc1c-2cnn1C1CN(Cc2cccc(C(F)F)n2)C1. The van der Waals surface area contributed by atoms with Gasteiger partial charge in [0.25, 0.3) is 18.2 Å². The van der Waals surface area contributed by atoms with Gasteiger partial charge in [-0.15, -0.1) is 0 Å². The number of nitrogens with one attached hydrogen (secondary N) is 3. The fraction of sp³-hybridized carbons (Fsp3) is 0.355. The molecule has 234 valence electrons. The number of amides is 2. The van der Waals surface area contributed by atoms with Gasteiger partial charge in [0.15, 0.2) is 0 Å². The number of aliphatic imine (C=N–C) groups is 1. The summed E-state index contributed by atoms with van der Waals surface area (Å²) in [6, 6.07) is 10.6. The minimum Gasteiger partial charge on any atom is -0.384 e. The average molecular weight is 617 g/mol. The fourth-order valence-corrected chi connectivity index (χ4v) is 5.72. The summed E-state index contributed by atoms with van der Waals surface area (Å²) in [5.41, 5.74) is 10.6. The van der Waals surface area contributed by atoms with Crippen LogP contribution in [-0.4, -0.2) is 70.2 Å². The molecule has 3 aromatic rings. The first-order valence-electron chi connectivity index (χ1n) is 14.7. The molecule has 1 aliphatic carbocycles. The summed E-state index contributed by atoms with van der Waals surface area (Å²) < 4.78 is 28.2. The van der Waals surface area contributed by atoms with E-state index < -0.39 is 12.3 Å². The molecule has 0 spiro atoms. The number of para-hydroxylation sites is 1. The molecule has 1 saturated carbocycles. The number of rotatable bonds is 10. The Labute approximate surface area is 258 Å². The van der Waals surface area contributed by atoms with Crippen molar-refractivity contribution in [3.8, 4) is 11.1 Å². The molecule has 5 N–H and O–H groups in total. The second-order valence-corrected chi connectivity index (χ2v) is 11.5. The van der Waals surface area contributed by atoms with Crippen LogP contribution < -0.4 is 21.3 Å². The van der Waals surface area contributed by atoms with Crippen LogP contribution in [0, 0.1) is 11.3 Å². The van der Waals surface area contributed by atoms with Crippen LogP contribution in [-0.2, 0) is 22.7 Å². The molecule has 1 aromatic carbocycles. The number of nitrogens with zero attached hydrogens (tertiary/aromatic N) is 6. The van der Waals surface area contributed by atoms with E-state index in [-0.39, 0.29) is 40.8 Å². The van der Waals surface area contributed by atoms with Crippen molar-refractivity contribution >= 4 is 34.7 Å². The number of hydrogen-bond donors (Lipinski definition) is 4. The number of carbonyl (C=O) groups is 2. The van der Waals surface area contributed by atoms with E-state index >= 15 is 0 Å². The number of alkyl halides is 2. The Hall–Kier alpha value is -4.98. The smallest absolute Gasteiger partial charge is 0.280 e. The maximum absolute atomic E-state index is 13.1. The number of hydrogen-bond acceptors (Lipinski definition) is 8. The van der Waals surface area contributed by atoms with Crippen LogP contribution in [0.3, 0.4) is 0 Å². The Morgan fingerprint density at radius 3 is 2.64 bits per heavy atom. The third-order valence-electron chi connectivity index (χ3n) is 8.17. The third kappa shape index (κ3) is 6.18. The summed E-state index contributed by atoms with van der Waals surface area (Å²) >= 11 is 0. The van der Waals surface area contributed by atoms with Gasteiger partial charge in [0, 0.05) is 56.9 Å². The number of nitrogens with two attached hydrogens (primary N) is 1. The highest BCUT2D eigenvalue weighted by Crippen LogP contribution is 2.44. The molecule has 14 heteroatoms. The molecular formula is C31H34F2N10O2. The van der Waals surface area contributed by atoms with Gasteiger partial charge in [-0.1, -0.05) is 18.2 Å². The number of likely N-dealkylation sites (tertiary alicyclic amines) is 1. The summed E-state index contributed by atoms with van der Waals surface area (Å²) in [6.07, 6.45) is 2.16. The lowest BCUT2D eigenvalue weighted by Gasteiger charge is -2.40.